The van der Waals surface area contributed by atoms with Gasteiger partial charge in [0.2, 0.25) is 0 Å². The molecule has 1 atom stereocenters. The van der Waals surface area contributed by atoms with Crippen LogP contribution >= 0.6 is 0 Å². The van der Waals surface area contributed by atoms with E-state index in [-0.39, 0.29) is 13.2 Å². The Morgan fingerprint density at radius 2 is 1.30 bits per heavy atom. The van der Waals surface area contributed by atoms with Crippen LogP contribution in [-0.4, -0.2) is 31.5 Å². The molecule has 0 aromatic heterocycles. The van der Waals surface area contributed by atoms with Crippen molar-refractivity contribution in [2.24, 2.45) is 0 Å². The lowest BCUT2D eigenvalue weighted by atomic mass is 10.3. The number of rotatable bonds is 7. The van der Waals surface area contributed by atoms with Crippen LogP contribution in [0.4, 0.5) is 0 Å². The monoisotopic (exact) mass is 274 g/mol. The average molecular weight is 274 g/mol. The summed E-state index contributed by atoms with van der Waals surface area (Å²) in [5.41, 5.74) is 0. The largest absolute Gasteiger partial charge is 0.497 e. The number of benzene rings is 2. The molecule has 0 aliphatic rings. The average Bonchev–Trinajstić information content (AvgIpc) is 2.52. The van der Waals surface area contributed by atoms with Crippen LogP contribution < -0.4 is 14.2 Å². The number of methoxy groups -OCH3 is 1. The Morgan fingerprint density at radius 1 is 0.800 bits per heavy atom. The maximum atomic E-state index is 9.80. The zero-order valence-corrected chi connectivity index (χ0v) is 11.4. The fourth-order valence-corrected chi connectivity index (χ4v) is 1.62. The van der Waals surface area contributed by atoms with Gasteiger partial charge in [0, 0.05) is 0 Å². The molecule has 0 aliphatic carbocycles. The van der Waals surface area contributed by atoms with Crippen molar-refractivity contribution in [1.29, 1.82) is 0 Å². The van der Waals surface area contributed by atoms with Crippen molar-refractivity contribution in [2.45, 2.75) is 6.10 Å². The molecular formula is C16H18O4. The third-order valence-corrected chi connectivity index (χ3v) is 2.69. The van der Waals surface area contributed by atoms with Crippen LogP contribution in [0, 0.1) is 0 Å². The molecule has 20 heavy (non-hydrogen) atoms. The summed E-state index contributed by atoms with van der Waals surface area (Å²) in [5, 5.41) is 9.80. The Labute approximate surface area is 118 Å². The molecule has 2 aromatic rings. The second-order valence-electron chi connectivity index (χ2n) is 4.26. The van der Waals surface area contributed by atoms with Crippen LogP contribution in [0.2, 0.25) is 0 Å². The van der Waals surface area contributed by atoms with E-state index in [1.54, 1.807) is 19.2 Å². The van der Waals surface area contributed by atoms with Crippen molar-refractivity contribution in [3.63, 3.8) is 0 Å². The lowest BCUT2D eigenvalue weighted by Gasteiger charge is -2.13. The highest BCUT2D eigenvalue weighted by Gasteiger charge is 2.06. The third-order valence-electron chi connectivity index (χ3n) is 2.69. The standard InChI is InChI=1S/C16H18O4/c1-18-14-7-9-16(10-8-14)20-12-13(17)11-19-15-5-3-2-4-6-15/h2-10,13,17H,11-12H2,1H3. The van der Waals surface area contributed by atoms with E-state index >= 15 is 0 Å². The Hall–Kier alpha value is -2.20. The SMILES string of the molecule is COc1ccc(OCC(O)COc2ccccc2)cc1. The zero-order valence-electron chi connectivity index (χ0n) is 11.4. The van der Waals surface area contributed by atoms with Crippen molar-refractivity contribution >= 4 is 0 Å². The van der Waals surface area contributed by atoms with Gasteiger partial charge in [-0.25, -0.2) is 0 Å². The molecule has 1 unspecified atom stereocenters. The van der Waals surface area contributed by atoms with Crippen molar-refractivity contribution < 1.29 is 19.3 Å². The Morgan fingerprint density at radius 3 is 1.85 bits per heavy atom. The van der Waals surface area contributed by atoms with Crippen molar-refractivity contribution in [3.05, 3.63) is 54.6 Å². The summed E-state index contributed by atoms with van der Waals surface area (Å²) in [6.45, 7) is 0.374. The van der Waals surface area contributed by atoms with Gasteiger partial charge in [0.15, 0.2) is 0 Å². The minimum absolute atomic E-state index is 0.180. The van der Waals surface area contributed by atoms with Crippen LogP contribution in [0.1, 0.15) is 0 Å². The predicted octanol–water partition coefficient (Wildman–Crippen LogP) is 2.51. The molecule has 0 saturated carbocycles. The minimum atomic E-state index is -0.683. The van der Waals surface area contributed by atoms with Gasteiger partial charge in [-0.1, -0.05) is 18.2 Å². The Bertz CT molecular complexity index is 496. The van der Waals surface area contributed by atoms with Gasteiger partial charge in [-0.15, -0.1) is 0 Å². The lowest BCUT2D eigenvalue weighted by Crippen LogP contribution is -2.25. The number of aliphatic hydroxyl groups excluding tert-OH is 1. The number of ether oxygens (including phenoxy) is 3. The zero-order chi connectivity index (χ0) is 14.2. The molecule has 106 valence electrons. The van der Waals surface area contributed by atoms with Crippen molar-refractivity contribution in [2.75, 3.05) is 20.3 Å². The summed E-state index contributed by atoms with van der Waals surface area (Å²) in [7, 11) is 1.61. The van der Waals surface area contributed by atoms with Crippen LogP contribution in [0.3, 0.4) is 0 Å². The molecule has 4 nitrogen and oxygen atoms in total. The first kappa shape index (κ1) is 14.2. The van der Waals surface area contributed by atoms with E-state index in [2.05, 4.69) is 0 Å². The lowest BCUT2D eigenvalue weighted by molar-refractivity contribution is 0.0626. The summed E-state index contributed by atoms with van der Waals surface area (Å²) >= 11 is 0. The first-order chi connectivity index (χ1) is 9.78. The van der Waals surface area contributed by atoms with Crippen LogP contribution in [0.15, 0.2) is 54.6 Å². The minimum Gasteiger partial charge on any atom is -0.497 e. The van der Waals surface area contributed by atoms with Gasteiger partial charge in [-0.05, 0) is 36.4 Å². The van der Waals surface area contributed by atoms with E-state index in [0.29, 0.717) is 5.75 Å². The summed E-state index contributed by atoms with van der Waals surface area (Å²) in [6, 6.07) is 16.6. The Balaban J connectivity index is 1.73. The fourth-order valence-electron chi connectivity index (χ4n) is 1.62. The predicted molar refractivity (Wildman–Crippen MR) is 76.4 cm³/mol. The van der Waals surface area contributed by atoms with E-state index in [0.717, 1.165) is 11.5 Å². The maximum absolute atomic E-state index is 9.80. The highest BCUT2D eigenvalue weighted by atomic mass is 16.5. The van der Waals surface area contributed by atoms with Gasteiger partial charge in [-0.2, -0.15) is 0 Å². The van der Waals surface area contributed by atoms with E-state index in [9.17, 15) is 5.11 Å². The normalized spacial score (nSPS) is 11.7. The second kappa shape index (κ2) is 7.40. The van der Waals surface area contributed by atoms with E-state index in [1.165, 1.54) is 0 Å². The van der Waals surface area contributed by atoms with Gasteiger partial charge in [0.1, 0.15) is 36.6 Å². The van der Waals surface area contributed by atoms with Gasteiger partial charge in [0.05, 0.1) is 7.11 Å². The topological polar surface area (TPSA) is 47.9 Å². The van der Waals surface area contributed by atoms with E-state index in [4.69, 9.17) is 14.2 Å². The van der Waals surface area contributed by atoms with Crippen molar-refractivity contribution in [1.82, 2.24) is 0 Å². The summed E-state index contributed by atoms with van der Waals surface area (Å²) < 4.78 is 16.0. The fraction of sp³-hybridized carbons (Fsp3) is 0.250. The molecule has 1 N–H and O–H groups in total. The summed E-state index contributed by atoms with van der Waals surface area (Å²) in [6.07, 6.45) is -0.683. The number of para-hydroxylation sites is 1. The molecule has 2 aromatic carbocycles. The smallest absolute Gasteiger partial charge is 0.122 e. The van der Waals surface area contributed by atoms with E-state index in [1.807, 2.05) is 42.5 Å². The molecule has 0 heterocycles. The van der Waals surface area contributed by atoms with Crippen LogP contribution in [-0.2, 0) is 0 Å². The molecule has 4 heteroatoms. The summed E-state index contributed by atoms with van der Waals surface area (Å²) in [4.78, 5) is 0. The molecular weight excluding hydrogens is 256 g/mol. The second-order valence-corrected chi connectivity index (χ2v) is 4.26. The van der Waals surface area contributed by atoms with E-state index < -0.39 is 6.10 Å². The molecule has 0 spiro atoms. The van der Waals surface area contributed by atoms with Gasteiger partial charge < -0.3 is 19.3 Å². The molecule has 2 rings (SSSR count). The summed E-state index contributed by atoms with van der Waals surface area (Å²) in [5.74, 6) is 2.19. The van der Waals surface area contributed by atoms with Crippen LogP contribution in [0.25, 0.3) is 0 Å². The first-order valence-corrected chi connectivity index (χ1v) is 6.40. The highest BCUT2D eigenvalue weighted by molar-refractivity contribution is 5.31. The van der Waals surface area contributed by atoms with Crippen LogP contribution in [0.5, 0.6) is 17.2 Å². The Kier molecular flexibility index (Phi) is 5.26. The number of hydrogen-bond donors (Lipinski definition) is 1. The quantitative estimate of drug-likeness (QED) is 0.842. The number of hydrogen-bond acceptors (Lipinski definition) is 4. The molecule has 0 fully saturated rings. The molecule has 0 saturated heterocycles. The first-order valence-electron chi connectivity index (χ1n) is 6.40. The maximum Gasteiger partial charge on any atom is 0.122 e. The third kappa shape index (κ3) is 4.48. The molecule has 0 amide bonds. The molecule has 0 bridgehead atoms. The van der Waals surface area contributed by atoms with Gasteiger partial charge in [0.25, 0.3) is 0 Å². The highest BCUT2D eigenvalue weighted by Crippen LogP contribution is 2.17. The van der Waals surface area contributed by atoms with Gasteiger partial charge in [-0.3, -0.25) is 0 Å². The van der Waals surface area contributed by atoms with Crippen molar-refractivity contribution in [3.8, 4) is 17.2 Å². The molecule has 0 radical (unpaired) electrons. The number of aliphatic hydroxyl groups is 1. The molecule has 0 aliphatic heterocycles. The van der Waals surface area contributed by atoms with Gasteiger partial charge >= 0.3 is 0 Å².